The summed E-state index contributed by atoms with van der Waals surface area (Å²) in [6, 6.07) is 0. The molecule has 0 heterocycles. The van der Waals surface area contributed by atoms with Crippen LogP contribution in [0.2, 0.25) is 0 Å². The summed E-state index contributed by atoms with van der Waals surface area (Å²) >= 11 is 0. The van der Waals surface area contributed by atoms with Gasteiger partial charge in [-0.2, -0.15) is 0 Å². The first-order chi connectivity index (χ1) is 5.38. The van der Waals surface area contributed by atoms with E-state index in [-0.39, 0.29) is 0 Å². The van der Waals surface area contributed by atoms with E-state index in [1.165, 1.54) is 30.6 Å². The van der Waals surface area contributed by atoms with Crippen LogP contribution in [0.5, 0.6) is 0 Å². The van der Waals surface area contributed by atoms with Crippen LogP contribution < -0.4 is 0 Å². The van der Waals surface area contributed by atoms with Crippen LogP contribution in [0, 0.1) is 23.2 Å². The monoisotopic (exact) mass is 150 g/mol. The topological polar surface area (TPSA) is 0 Å². The molecule has 4 unspecified atom stereocenters. The Morgan fingerprint density at radius 2 is 2.27 bits per heavy atom. The molecule has 62 valence electrons. The molecule has 0 aromatic carbocycles. The average molecular weight is 150 g/mol. The van der Waals surface area contributed by atoms with Gasteiger partial charge in [-0.05, 0) is 48.9 Å². The first-order valence-corrected chi connectivity index (χ1v) is 5.38. The molecule has 1 spiro atoms. The highest BCUT2D eigenvalue weighted by Crippen LogP contribution is 2.83. The Morgan fingerprint density at radius 3 is 2.73 bits per heavy atom. The Hall–Kier alpha value is 0. The average Bonchev–Trinajstić information content (AvgIpc) is 2.69. The first-order valence-electron chi connectivity index (χ1n) is 5.38. The third kappa shape index (κ3) is 0.588. The smallest absolute Gasteiger partial charge is 0.0232 e. The van der Waals surface area contributed by atoms with E-state index in [1.807, 2.05) is 0 Å². The molecule has 0 bridgehead atoms. The van der Waals surface area contributed by atoms with Crippen LogP contribution in [0.3, 0.4) is 0 Å². The SMILES string of the molecule is CCCCC1C2CCC23CC13. The minimum absolute atomic E-state index is 0.998. The van der Waals surface area contributed by atoms with Crippen molar-refractivity contribution in [2.75, 3.05) is 0 Å². The van der Waals surface area contributed by atoms with Gasteiger partial charge in [0, 0.05) is 0 Å². The molecule has 0 heteroatoms. The molecule has 3 aliphatic carbocycles. The number of hydrogen-bond donors (Lipinski definition) is 0. The van der Waals surface area contributed by atoms with E-state index in [2.05, 4.69) is 6.92 Å². The predicted molar refractivity (Wildman–Crippen MR) is 46.3 cm³/mol. The van der Waals surface area contributed by atoms with Gasteiger partial charge in [-0.3, -0.25) is 0 Å². The summed E-state index contributed by atoms with van der Waals surface area (Å²) in [5.41, 5.74) is 0.998. The lowest BCUT2D eigenvalue weighted by Crippen LogP contribution is -2.46. The van der Waals surface area contributed by atoms with Crippen molar-refractivity contribution < 1.29 is 0 Å². The highest BCUT2D eigenvalue weighted by molar-refractivity contribution is 5.25. The van der Waals surface area contributed by atoms with Crippen LogP contribution in [-0.2, 0) is 0 Å². The fraction of sp³-hybridized carbons (Fsp3) is 1.00. The fourth-order valence-corrected chi connectivity index (χ4v) is 3.97. The van der Waals surface area contributed by atoms with Gasteiger partial charge in [0.2, 0.25) is 0 Å². The Bertz CT molecular complexity index is 184. The zero-order valence-electron chi connectivity index (χ0n) is 7.47. The van der Waals surface area contributed by atoms with Gasteiger partial charge in [-0.1, -0.05) is 19.8 Å². The molecule has 3 saturated carbocycles. The summed E-state index contributed by atoms with van der Waals surface area (Å²) in [4.78, 5) is 0. The molecular formula is C11H18. The highest BCUT2D eigenvalue weighted by atomic mass is 14.8. The van der Waals surface area contributed by atoms with Gasteiger partial charge in [-0.15, -0.1) is 0 Å². The largest absolute Gasteiger partial charge is 0.0654 e. The highest BCUT2D eigenvalue weighted by Gasteiger charge is 2.76. The standard InChI is InChI=1S/C11H18/c1-2-3-4-8-9-5-6-11(9)7-10(8)11/h8-10H,2-7H2,1H3. The molecule has 0 nitrogen and oxygen atoms in total. The van der Waals surface area contributed by atoms with Crippen molar-refractivity contribution in [2.24, 2.45) is 23.2 Å². The molecule has 3 aliphatic rings. The summed E-state index contributed by atoms with van der Waals surface area (Å²) in [6.45, 7) is 2.32. The Morgan fingerprint density at radius 1 is 1.36 bits per heavy atom. The van der Waals surface area contributed by atoms with Crippen LogP contribution in [-0.4, -0.2) is 0 Å². The number of hydrogen-bond acceptors (Lipinski definition) is 0. The van der Waals surface area contributed by atoms with Gasteiger partial charge in [0.1, 0.15) is 0 Å². The zero-order valence-corrected chi connectivity index (χ0v) is 7.47. The molecule has 4 atom stereocenters. The van der Waals surface area contributed by atoms with E-state index in [0.29, 0.717) is 0 Å². The van der Waals surface area contributed by atoms with E-state index in [1.54, 1.807) is 25.7 Å². The molecule has 3 fully saturated rings. The van der Waals surface area contributed by atoms with E-state index in [4.69, 9.17) is 0 Å². The molecule has 0 saturated heterocycles. The van der Waals surface area contributed by atoms with Crippen LogP contribution in [0.4, 0.5) is 0 Å². The molecular weight excluding hydrogens is 132 g/mol. The van der Waals surface area contributed by atoms with E-state index >= 15 is 0 Å². The third-order valence-electron chi connectivity index (χ3n) is 4.76. The van der Waals surface area contributed by atoms with Crippen LogP contribution >= 0.6 is 0 Å². The lowest BCUT2D eigenvalue weighted by molar-refractivity contribution is -0.0450. The van der Waals surface area contributed by atoms with Gasteiger partial charge in [0.05, 0.1) is 0 Å². The van der Waals surface area contributed by atoms with Crippen molar-refractivity contribution >= 4 is 0 Å². The van der Waals surface area contributed by atoms with Gasteiger partial charge >= 0.3 is 0 Å². The molecule has 0 radical (unpaired) electrons. The van der Waals surface area contributed by atoms with Gasteiger partial charge < -0.3 is 0 Å². The van der Waals surface area contributed by atoms with Gasteiger partial charge in [-0.25, -0.2) is 0 Å². The number of unbranched alkanes of at least 4 members (excludes halogenated alkanes) is 1. The minimum Gasteiger partial charge on any atom is -0.0654 e. The van der Waals surface area contributed by atoms with Gasteiger partial charge in [0.15, 0.2) is 0 Å². The van der Waals surface area contributed by atoms with Crippen LogP contribution in [0.15, 0.2) is 0 Å². The van der Waals surface area contributed by atoms with Crippen molar-refractivity contribution in [3.8, 4) is 0 Å². The summed E-state index contributed by atoms with van der Waals surface area (Å²) in [7, 11) is 0. The molecule has 0 N–H and O–H groups in total. The molecule has 0 aromatic heterocycles. The van der Waals surface area contributed by atoms with Crippen LogP contribution in [0.25, 0.3) is 0 Å². The van der Waals surface area contributed by atoms with Gasteiger partial charge in [0.25, 0.3) is 0 Å². The van der Waals surface area contributed by atoms with Crippen molar-refractivity contribution in [3.63, 3.8) is 0 Å². The summed E-state index contributed by atoms with van der Waals surface area (Å²) < 4.78 is 0. The van der Waals surface area contributed by atoms with E-state index in [9.17, 15) is 0 Å². The third-order valence-corrected chi connectivity index (χ3v) is 4.76. The molecule has 11 heavy (non-hydrogen) atoms. The number of rotatable bonds is 3. The maximum atomic E-state index is 2.32. The minimum atomic E-state index is 0.998. The maximum absolute atomic E-state index is 2.32. The summed E-state index contributed by atoms with van der Waals surface area (Å²) in [5.74, 6) is 3.65. The predicted octanol–water partition coefficient (Wildman–Crippen LogP) is 3.22. The van der Waals surface area contributed by atoms with Crippen molar-refractivity contribution in [1.82, 2.24) is 0 Å². The zero-order chi connectivity index (χ0) is 7.47. The molecule has 3 rings (SSSR count). The van der Waals surface area contributed by atoms with Crippen LogP contribution in [0.1, 0.15) is 45.4 Å². The second kappa shape index (κ2) is 1.84. The Labute approximate surface area is 69.4 Å². The van der Waals surface area contributed by atoms with Crippen molar-refractivity contribution in [2.45, 2.75) is 45.4 Å². The molecule has 0 amide bonds. The normalized spacial score (nSPS) is 57.0. The Balaban J connectivity index is 1.58. The summed E-state index contributed by atoms with van der Waals surface area (Å²) in [5, 5.41) is 0. The lowest BCUT2D eigenvalue weighted by Gasteiger charge is -2.53. The lowest BCUT2D eigenvalue weighted by atomic mass is 9.52. The van der Waals surface area contributed by atoms with E-state index < -0.39 is 0 Å². The summed E-state index contributed by atoms with van der Waals surface area (Å²) in [6.07, 6.45) is 9.28. The fourth-order valence-electron chi connectivity index (χ4n) is 3.97. The molecule has 0 aromatic rings. The molecule has 0 aliphatic heterocycles. The van der Waals surface area contributed by atoms with Crippen molar-refractivity contribution in [1.29, 1.82) is 0 Å². The quantitative estimate of drug-likeness (QED) is 0.579. The second-order valence-corrected chi connectivity index (χ2v) is 5.00. The second-order valence-electron chi connectivity index (χ2n) is 5.00. The maximum Gasteiger partial charge on any atom is -0.0232 e. The van der Waals surface area contributed by atoms with E-state index in [0.717, 1.165) is 5.41 Å². The van der Waals surface area contributed by atoms with Crippen molar-refractivity contribution in [3.05, 3.63) is 0 Å². The Kier molecular flexibility index (Phi) is 1.09. The first kappa shape index (κ1) is 6.51.